The molecule has 0 aliphatic carbocycles. The zero-order valence-electron chi connectivity index (χ0n) is 11.9. The smallest absolute Gasteiger partial charge is 0.191 e. The van der Waals surface area contributed by atoms with E-state index in [0.29, 0.717) is 12.3 Å². The molecule has 0 bridgehead atoms. The van der Waals surface area contributed by atoms with E-state index in [0.717, 1.165) is 27.9 Å². The fourth-order valence-electron chi connectivity index (χ4n) is 2.03. The van der Waals surface area contributed by atoms with Gasteiger partial charge in [0.2, 0.25) is 0 Å². The van der Waals surface area contributed by atoms with Crippen molar-refractivity contribution in [3.05, 3.63) is 41.5 Å². The summed E-state index contributed by atoms with van der Waals surface area (Å²) in [6.45, 7) is 10.1. The zero-order chi connectivity index (χ0) is 14.7. The second kappa shape index (κ2) is 6.09. The van der Waals surface area contributed by atoms with Gasteiger partial charge < -0.3 is 9.55 Å². The predicted octanol–water partition coefficient (Wildman–Crippen LogP) is 2.69. The Bertz CT molecular complexity index is 642. The number of rotatable bonds is 6. The van der Waals surface area contributed by atoms with Gasteiger partial charge >= 0.3 is 0 Å². The van der Waals surface area contributed by atoms with Gasteiger partial charge in [0, 0.05) is 23.5 Å². The molecule has 0 saturated carbocycles. The van der Waals surface area contributed by atoms with Gasteiger partial charge in [-0.2, -0.15) is 0 Å². The molecule has 0 saturated heterocycles. The van der Waals surface area contributed by atoms with Gasteiger partial charge in [-0.3, -0.25) is 4.79 Å². The van der Waals surface area contributed by atoms with Crippen LogP contribution in [0.4, 0.5) is 0 Å². The summed E-state index contributed by atoms with van der Waals surface area (Å²) in [5, 5.41) is 8.88. The minimum Gasteiger partial charge on any atom is -0.362 e. The monoisotopic (exact) mass is 290 g/mol. The number of aryl methyl sites for hydroxylation is 3. The van der Waals surface area contributed by atoms with Crippen LogP contribution in [0.3, 0.4) is 0 Å². The van der Waals surface area contributed by atoms with Crippen LogP contribution in [0.5, 0.6) is 0 Å². The van der Waals surface area contributed by atoms with Crippen LogP contribution in [-0.4, -0.2) is 31.3 Å². The molecular formula is C14H18N4OS. The number of hydrogen-bond acceptors (Lipinski definition) is 4. The third-order valence-corrected chi connectivity index (χ3v) is 3.96. The third kappa shape index (κ3) is 3.01. The van der Waals surface area contributed by atoms with Gasteiger partial charge in [0.25, 0.3) is 0 Å². The molecule has 2 rings (SSSR count). The summed E-state index contributed by atoms with van der Waals surface area (Å²) < 4.78 is 1.94. The average Bonchev–Trinajstić information content (AvgIpc) is 2.91. The van der Waals surface area contributed by atoms with Crippen LogP contribution in [0.2, 0.25) is 0 Å². The summed E-state index contributed by atoms with van der Waals surface area (Å²) in [7, 11) is 0. The summed E-state index contributed by atoms with van der Waals surface area (Å²) in [5.74, 6) is 1.28. The molecule has 0 unspecified atom stereocenters. The maximum Gasteiger partial charge on any atom is 0.191 e. The van der Waals surface area contributed by atoms with Crippen LogP contribution in [0.1, 0.15) is 27.6 Å². The van der Waals surface area contributed by atoms with Crippen molar-refractivity contribution in [2.24, 2.45) is 0 Å². The molecule has 2 aromatic heterocycles. The first-order chi connectivity index (χ1) is 9.52. The maximum atomic E-state index is 12.2. The van der Waals surface area contributed by atoms with Gasteiger partial charge in [-0.25, -0.2) is 0 Å². The van der Waals surface area contributed by atoms with Crippen LogP contribution in [0.15, 0.2) is 23.9 Å². The highest BCUT2D eigenvalue weighted by Crippen LogP contribution is 2.20. The van der Waals surface area contributed by atoms with E-state index < -0.39 is 0 Å². The number of ketones is 1. The number of allylic oxidation sites excluding steroid dienone is 1. The molecule has 0 amide bonds. The molecule has 0 atom stereocenters. The van der Waals surface area contributed by atoms with Crippen molar-refractivity contribution in [2.75, 3.05) is 5.75 Å². The lowest BCUT2D eigenvalue weighted by Gasteiger charge is -2.04. The van der Waals surface area contributed by atoms with Crippen LogP contribution >= 0.6 is 11.8 Å². The molecule has 2 aromatic rings. The summed E-state index contributed by atoms with van der Waals surface area (Å²) in [5.41, 5.74) is 2.67. The normalized spacial score (nSPS) is 10.8. The minimum absolute atomic E-state index is 0.0997. The molecule has 6 heteroatoms. The highest BCUT2D eigenvalue weighted by atomic mass is 32.2. The van der Waals surface area contributed by atoms with E-state index in [9.17, 15) is 4.79 Å². The Morgan fingerprint density at radius 1 is 1.45 bits per heavy atom. The Kier molecular flexibility index (Phi) is 4.44. The number of nitrogens with zero attached hydrogens (tertiary/aromatic N) is 3. The van der Waals surface area contributed by atoms with Crippen molar-refractivity contribution in [1.82, 2.24) is 19.7 Å². The van der Waals surface area contributed by atoms with Gasteiger partial charge in [-0.1, -0.05) is 17.8 Å². The summed E-state index contributed by atoms with van der Waals surface area (Å²) >= 11 is 1.41. The summed E-state index contributed by atoms with van der Waals surface area (Å²) in [6.07, 6.45) is 1.79. The second-order valence-electron chi connectivity index (χ2n) is 4.63. The summed E-state index contributed by atoms with van der Waals surface area (Å²) in [6, 6.07) is 1.89. The number of carbonyl (C=O) groups is 1. The van der Waals surface area contributed by atoms with E-state index in [2.05, 4.69) is 21.8 Å². The molecule has 5 nitrogen and oxygen atoms in total. The number of thioether (sulfide) groups is 1. The second-order valence-corrected chi connectivity index (χ2v) is 5.57. The van der Waals surface area contributed by atoms with Crippen LogP contribution in [0, 0.1) is 20.8 Å². The Morgan fingerprint density at radius 2 is 2.20 bits per heavy atom. The number of carbonyl (C=O) groups excluding carboxylic acids is 1. The molecule has 106 valence electrons. The van der Waals surface area contributed by atoms with Crippen molar-refractivity contribution in [2.45, 2.75) is 32.5 Å². The predicted molar refractivity (Wildman–Crippen MR) is 80.3 cm³/mol. The van der Waals surface area contributed by atoms with Crippen molar-refractivity contribution in [1.29, 1.82) is 0 Å². The Labute approximate surface area is 122 Å². The molecule has 20 heavy (non-hydrogen) atoms. The molecular weight excluding hydrogens is 272 g/mol. The van der Waals surface area contributed by atoms with Crippen LogP contribution < -0.4 is 0 Å². The van der Waals surface area contributed by atoms with Crippen LogP contribution in [-0.2, 0) is 6.54 Å². The zero-order valence-corrected chi connectivity index (χ0v) is 12.8. The van der Waals surface area contributed by atoms with Crippen molar-refractivity contribution in [3.63, 3.8) is 0 Å². The summed E-state index contributed by atoms with van der Waals surface area (Å²) in [4.78, 5) is 15.4. The highest BCUT2D eigenvalue weighted by molar-refractivity contribution is 7.99. The van der Waals surface area contributed by atoms with Gasteiger partial charge in [0.1, 0.15) is 5.82 Å². The third-order valence-electron chi connectivity index (χ3n) is 3.00. The largest absolute Gasteiger partial charge is 0.362 e. The van der Waals surface area contributed by atoms with Gasteiger partial charge in [-0.05, 0) is 26.8 Å². The Balaban J connectivity index is 2.07. The highest BCUT2D eigenvalue weighted by Gasteiger charge is 2.15. The van der Waals surface area contributed by atoms with E-state index >= 15 is 0 Å². The number of Topliss-reactive ketones (excluding diaryl/α,β-unsaturated/α-hetero) is 1. The van der Waals surface area contributed by atoms with Gasteiger partial charge in [0.05, 0.1) is 5.75 Å². The molecule has 0 aliphatic rings. The Morgan fingerprint density at radius 3 is 2.80 bits per heavy atom. The lowest BCUT2D eigenvalue weighted by atomic mass is 10.2. The average molecular weight is 290 g/mol. The van der Waals surface area contributed by atoms with Crippen molar-refractivity contribution >= 4 is 17.5 Å². The Hall–Kier alpha value is -1.82. The minimum atomic E-state index is 0.0997. The van der Waals surface area contributed by atoms with E-state index in [-0.39, 0.29) is 5.78 Å². The van der Waals surface area contributed by atoms with Crippen LogP contribution in [0.25, 0.3) is 0 Å². The fraction of sp³-hybridized carbons (Fsp3) is 0.357. The lowest BCUT2D eigenvalue weighted by Crippen LogP contribution is -2.05. The first-order valence-electron chi connectivity index (χ1n) is 6.35. The van der Waals surface area contributed by atoms with E-state index in [1.165, 1.54) is 11.8 Å². The number of aromatic nitrogens is 4. The first kappa shape index (κ1) is 14.6. The van der Waals surface area contributed by atoms with E-state index in [1.807, 2.05) is 31.4 Å². The first-order valence-corrected chi connectivity index (χ1v) is 7.34. The van der Waals surface area contributed by atoms with E-state index in [4.69, 9.17) is 0 Å². The van der Waals surface area contributed by atoms with Crippen molar-refractivity contribution < 1.29 is 4.79 Å². The SMILES string of the molecule is C=CCn1c(C)nnc1SCC(=O)c1cc(C)[nH]c1C. The molecule has 0 fully saturated rings. The lowest BCUT2D eigenvalue weighted by molar-refractivity contribution is 0.102. The van der Waals surface area contributed by atoms with Gasteiger partial charge in [-0.15, -0.1) is 16.8 Å². The number of H-pyrrole nitrogens is 1. The van der Waals surface area contributed by atoms with E-state index in [1.54, 1.807) is 6.08 Å². The molecule has 0 radical (unpaired) electrons. The number of hydrogen-bond donors (Lipinski definition) is 1. The molecule has 1 N–H and O–H groups in total. The molecule has 0 aliphatic heterocycles. The molecule has 2 heterocycles. The van der Waals surface area contributed by atoms with Gasteiger partial charge in [0.15, 0.2) is 10.9 Å². The van der Waals surface area contributed by atoms with Crippen molar-refractivity contribution in [3.8, 4) is 0 Å². The quantitative estimate of drug-likeness (QED) is 0.505. The number of nitrogens with one attached hydrogen (secondary N) is 1. The number of aromatic amines is 1. The maximum absolute atomic E-state index is 12.2. The standard InChI is InChI=1S/C14H18N4OS/c1-5-6-18-11(4)16-17-14(18)20-8-13(19)12-7-9(2)15-10(12)3/h5,7,15H,1,6,8H2,2-4H3. The topological polar surface area (TPSA) is 63.6 Å². The molecule has 0 aromatic carbocycles. The fourth-order valence-corrected chi connectivity index (χ4v) is 2.91. The molecule has 0 spiro atoms.